The van der Waals surface area contributed by atoms with Crippen LogP contribution >= 0.6 is 0 Å². The van der Waals surface area contributed by atoms with E-state index < -0.39 is 0 Å². The van der Waals surface area contributed by atoms with Crippen LogP contribution in [0.15, 0.2) is 24.3 Å². The molecule has 1 rings (SSSR count). The van der Waals surface area contributed by atoms with Gasteiger partial charge in [-0.3, -0.25) is 0 Å². The van der Waals surface area contributed by atoms with Crippen molar-refractivity contribution in [3.05, 3.63) is 29.8 Å². The van der Waals surface area contributed by atoms with Gasteiger partial charge in [0.25, 0.3) is 0 Å². The van der Waals surface area contributed by atoms with Crippen LogP contribution in [0.25, 0.3) is 0 Å². The van der Waals surface area contributed by atoms with Crippen molar-refractivity contribution in [3.8, 4) is 5.75 Å². The van der Waals surface area contributed by atoms with Gasteiger partial charge in [-0.2, -0.15) is 0 Å². The van der Waals surface area contributed by atoms with Gasteiger partial charge in [0.1, 0.15) is 5.75 Å². The third kappa shape index (κ3) is 2.70. The van der Waals surface area contributed by atoms with Gasteiger partial charge in [0.05, 0.1) is 18.8 Å². The van der Waals surface area contributed by atoms with Crippen LogP contribution in [0.1, 0.15) is 19.4 Å². The summed E-state index contributed by atoms with van der Waals surface area (Å²) in [6.45, 7) is 4.65. The van der Waals surface area contributed by atoms with Gasteiger partial charge in [-0.25, -0.2) is 0 Å². The molecule has 0 aliphatic rings. The lowest BCUT2D eigenvalue weighted by Crippen LogP contribution is -2.40. The number of hydrogen-bond acceptors (Lipinski definition) is 3. The zero-order valence-corrected chi connectivity index (χ0v) is 9.58. The summed E-state index contributed by atoms with van der Waals surface area (Å²) in [7, 11) is 1.84. The molecule has 0 radical (unpaired) electrons. The van der Waals surface area contributed by atoms with Crippen molar-refractivity contribution in [2.24, 2.45) is 0 Å². The molecule has 0 aromatic heterocycles. The number of rotatable bonds is 5. The molecule has 0 spiro atoms. The van der Waals surface area contributed by atoms with Gasteiger partial charge in [0.15, 0.2) is 0 Å². The lowest BCUT2D eigenvalue weighted by atomic mass is 9.93. The van der Waals surface area contributed by atoms with E-state index in [4.69, 9.17) is 4.74 Å². The van der Waals surface area contributed by atoms with Crippen molar-refractivity contribution in [1.29, 1.82) is 0 Å². The monoisotopic (exact) mass is 209 g/mol. The molecule has 0 heterocycles. The summed E-state index contributed by atoms with van der Waals surface area (Å²) >= 11 is 0. The van der Waals surface area contributed by atoms with Crippen LogP contribution < -0.4 is 10.1 Å². The number of benzene rings is 1. The van der Waals surface area contributed by atoms with E-state index in [-0.39, 0.29) is 12.1 Å². The van der Waals surface area contributed by atoms with Crippen molar-refractivity contribution in [2.45, 2.75) is 19.4 Å². The minimum Gasteiger partial charge on any atom is -0.494 e. The maximum absolute atomic E-state index is 9.32. The van der Waals surface area contributed by atoms with Crippen molar-refractivity contribution in [2.75, 3.05) is 20.3 Å². The Morgan fingerprint density at radius 2 is 1.93 bits per heavy atom. The highest BCUT2D eigenvalue weighted by molar-refractivity contribution is 5.31. The van der Waals surface area contributed by atoms with E-state index in [1.165, 1.54) is 0 Å². The highest BCUT2D eigenvalue weighted by Gasteiger charge is 2.22. The van der Waals surface area contributed by atoms with Crippen LogP contribution in [0.5, 0.6) is 5.75 Å². The number of nitrogens with one attached hydrogen (secondary N) is 1. The largest absolute Gasteiger partial charge is 0.494 e. The van der Waals surface area contributed by atoms with Gasteiger partial charge in [-0.1, -0.05) is 12.1 Å². The Hall–Kier alpha value is -1.06. The summed E-state index contributed by atoms with van der Waals surface area (Å²) in [5.74, 6) is 0.859. The van der Waals surface area contributed by atoms with E-state index in [0.717, 1.165) is 11.3 Å². The third-order valence-electron chi connectivity index (χ3n) is 2.67. The Balaban J connectivity index is 2.87. The fraction of sp³-hybridized carbons (Fsp3) is 0.500. The molecular formula is C12H19NO2. The summed E-state index contributed by atoms with van der Waals surface area (Å²) in [5, 5.41) is 12.4. The molecule has 1 aromatic rings. The summed E-state index contributed by atoms with van der Waals surface area (Å²) in [5.41, 5.74) is 0.668. The molecule has 0 fully saturated rings. The van der Waals surface area contributed by atoms with E-state index in [2.05, 4.69) is 5.32 Å². The summed E-state index contributed by atoms with van der Waals surface area (Å²) in [4.78, 5) is 0. The van der Waals surface area contributed by atoms with Crippen LogP contribution in [-0.2, 0) is 5.54 Å². The molecule has 0 saturated carbocycles. The molecule has 3 nitrogen and oxygen atoms in total. The second-order valence-electron chi connectivity index (χ2n) is 3.70. The fourth-order valence-electron chi connectivity index (χ4n) is 1.40. The molecule has 15 heavy (non-hydrogen) atoms. The molecule has 0 aliphatic heterocycles. The molecule has 0 bridgehead atoms. The number of aliphatic hydroxyl groups is 1. The number of aliphatic hydroxyl groups excluding tert-OH is 1. The van der Waals surface area contributed by atoms with Crippen molar-refractivity contribution < 1.29 is 9.84 Å². The number of ether oxygens (including phenoxy) is 1. The van der Waals surface area contributed by atoms with E-state index in [0.29, 0.717) is 6.61 Å². The second-order valence-corrected chi connectivity index (χ2v) is 3.70. The van der Waals surface area contributed by atoms with Crippen LogP contribution in [0.4, 0.5) is 0 Å². The first-order valence-electron chi connectivity index (χ1n) is 5.19. The molecule has 1 aromatic carbocycles. The average Bonchev–Trinajstić information content (AvgIpc) is 2.29. The molecule has 3 heteroatoms. The van der Waals surface area contributed by atoms with Crippen LogP contribution in [-0.4, -0.2) is 25.4 Å². The van der Waals surface area contributed by atoms with Gasteiger partial charge in [0.2, 0.25) is 0 Å². The highest BCUT2D eigenvalue weighted by Crippen LogP contribution is 2.22. The lowest BCUT2D eigenvalue weighted by Gasteiger charge is -2.27. The summed E-state index contributed by atoms with van der Waals surface area (Å²) in [6, 6.07) is 7.78. The first kappa shape index (κ1) is 12.0. The predicted octanol–water partition coefficient (Wildman–Crippen LogP) is 1.51. The standard InChI is InChI=1S/C12H19NO2/c1-4-15-11-7-5-10(6-8-11)12(2,9-14)13-3/h5-8,13-14H,4,9H2,1-3H3. The minimum absolute atomic E-state index is 0.0669. The third-order valence-corrected chi connectivity index (χ3v) is 2.67. The Kier molecular flexibility index (Phi) is 4.12. The van der Waals surface area contributed by atoms with Crippen LogP contribution in [0.3, 0.4) is 0 Å². The predicted molar refractivity (Wildman–Crippen MR) is 61.1 cm³/mol. The molecule has 84 valence electrons. The van der Waals surface area contributed by atoms with Crippen molar-refractivity contribution in [3.63, 3.8) is 0 Å². The number of likely N-dealkylation sites (N-methyl/N-ethyl adjacent to an activating group) is 1. The second kappa shape index (κ2) is 5.14. The molecule has 1 atom stereocenters. The minimum atomic E-state index is -0.384. The van der Waals surface area contributed by atoms with Gasteiger partial charge in [0, 0.05) is 0 Å². The lowest BCUT2D eigenvalue weighted by molar-refractivity contribution is 0.183. The van der Waals surface area contributed by atoms with Crippen LogP contribution in [0, 0.1) is 0 Å². The Morgan fingerprint density at radius 1 is 1.33 bits per heavy atom. The maximum Gasteiger partial charge on any atom is 0.119 e. The highest BCUT2D eigenvalue weighted by atomic mass is 16.5. The van der Waals surface area contributed by atoms with Crippen molar-refractivity contribution >= 4 is 0 Å². The summed E-state index contributed by atoms with van der Waals surface area (Å²) in [6.07, 6.45) is 0. The zero-order valence-electron chi connectivity index (χ0n) is 9.58. The van der Waals surface area contributed by atoms with Crippen LogP contribution in [0.2, 0.25) is 0 Å². The fourth-order valence-corrected chi connectivity index (χ4v) is 1.40. The molecule has 1 unspecified atom stereocenters. The topological polar surface area (TPSA) is 41.5 Å². The molecule has 0 aliphatic carbocycles. The first-order chi connectivity index (χ1) is 7.16. The van der Waals surface area contributed by atoms with E-state index in [1.54, 1.807) is 0 Å². The SMILES string of the molecule is CCOc1ccc(C(C)(CO)NC)cc1. The number of hydrogen-bond donors (Lipinski definition) is 2. The van der Waals surface area contributed by atoms with Gasteiger partial charge in [-0.05, 0) is 38.6 Å². The molecule has 0 saturated heterocycles. The molecule has 0 amide bonds. The van der Waals surface area contributed by atoms with E-state index in [9.17, 15) is 5.11 Å². The maximum atomic E-state index is 9.32. The van der Waals surface area contributed by atoms with Gasteiger partial charge in [-0.15, -0.1) is 0 Å². The van der Waals surface area contributed by atoms with Crippen molar-refractivity contribution in [1.82, 2.24) is 5.32 Å². The Bertz CT molecular complexity index is 291. The zero-order chi connectivity index (χ0) is 11.3. The summed E-state index contributed by atoms with van der Waals surface area (Å²) < 4.78 is 5.36. The van der Waals surface area contributed by atoms with E-state index >= 15 is 0 Å². The van der Waals surface area contributed by atoms with E-state index in [1.807, 2.05) is 45.2 Å². The smallest absolute Gasteiger partial charge is 0.119 e. The molecular weight excluding hydrogens is 190 g/mol. The molecule has 2 N–H and O–H groups in total. The Labute approximate surface area is 91.1 Å². The first-order valence-corrected chi connectivity index (χ1v) is 5.19. The van der Waals surface area contributed by atoms with Gasteiger partial charge >= 0.3 is 0 Å². The normalized spacial score (nSPS) is 14.7. The average molecular weight is 209 g/mol. The Morgan fingerprint density at radius 3 is 2.33 bits per heavy atom. The quantitative estimate of drug-likeness (QED) is 0.772. The van der Waals surface area contributed by atoms with Gasteiger partial charge < -0.3 is 15.2 Å².